The smallest absolute Gasteiger partial charge is 0.339 e. The summed E-state index contributed by atoms with van der Waals surface area (Å²) in [5.74, 6) is -0.239. The summed E-state index contributed by atoms with van der Waals surface area (Å²) < 4.78 is 4.96. The minimum atomic E-state index is -0.239. The van der Waals surface area contributed by atoms with Crippen LogP contribution in [0.2, 0.25) is 0 Å². The first-order valence-corrected chi connectivity index (χ1v) is 5.73. The second-order valence-electron chi connectivity index (χ2n) is 2.92. The van der Waals surface area contributed by atoms with Gasteiger partial charge in [0.05, 0.1) is 12.2 Å². The molecule has 0 amide bonds. The molecule has 1 rings (SSSR count). The molecule has 0 aliphatic carbocycles. The van der Waals surface area contributed by atoms with E-state index in [-0.39, 0.29) is 5.97 Å². The summed E-state index contributed by atoms with van der Waals surface area (Å²) in [6.07, 6.45) is 1.96. The van der Waals surface area contributed by atoms with Crippen molar-refractivity contribution in [1.29, 1.82) is 0 Å². The summed E-state index contributed by atoms with van der Waals surface area (Å²) in [7, 11) is 0. The lowest BCUT2D eigenvalue weighted by atomic mass is 10.1. The van der Waals surface area contributed by atoms with Crippen LogP contribution in [0.1, 0.15) is 22.8 Å². The van der Waals surface area contributed by atoms with Crippen molar-refractivity contribution in [2.45, 2.75) is 18.7 Å². The van der Waals surface area contributed by atoms with Crippen LogP contribution in [0.15, 0.2) is 23.1 Å². The van der Waals surface area contributed by atoms with E-state index in [4.69, 9.17) is 4.74 Å². The molecule has 0 atom stereocenters. The van der Waals surface area contributed by atoms with Crippen LogP contribution < -0.4 is 0 Å². The van der Waals surface area contributed by atoms with Gasteiger partial charge in [0.2, 0.25) is 0 Å². The zero-order valence-electron chi connectivity index (χ0n) is 8.66. The molecule has 76 valence electrons. The van der Waals surface area contributed by atoms with E-state index in [1.165, 1.54) is 0 Å². The molecule has 0 N–H and O–H groups in total. The molecule has 0 unspecified atom stereocenters. The molecule has 1 aromatic carbocycles. The van der Waals surface area contributed by atoms with Crippen LogP contribution in [-0.2, 0) is 4.74 Å². The van der Waals surface area contributed by atoms with Crippen molar-refractivity contribution in [3.05, 3.63) is 29.3 Å². The van der Waals surface area contributed by atoms with Gasteiger partial charge in [-0.25, -0.2) is 4.79 Å². The van der Waals surface area contributed by atoms with Gasteiger partial charge in [0.15, 0.2) is 0 Å². The normalized spacial score (nSPS) is 9.93. The van der Waals surface area contributed by atoms with Gasteiger partial charge >= 0.3 is 5.97 Å². The second-order valence-corrected chi connectivity index (χ2v) is 3.77. The molecular formula is C11H14O2S. The Bertz CT molecular complexity index is 334. The maximum Gasteiger partial charge on any atom is 0.339 e. The fourth-order valence-electron chi connectivity index (χ4n) is 1.18. The van der Waals surface area contributed by atoms with Crippen LogP contribution in [0, 0.1) is 6.92 Å². The molecule has 0 aliphatic rings. The Kier molecular flexibility index (Phi) is 4.01. The third-order valence-corrected chi connectivity index (χ3v) is 2.63. The molecule has 0 bridgehead atoms. The molecule has 0 spiro atoms. The maximum atomic E-state index is 11.5. The van der Waals surface area contributed by atoms with Gasteiger partial charge in [0.25, 0.3) is 0 Å². The number of ether oxygens (including phenoxy) is 1. The van der Waals surface area contributed by atoms with Crippen molar-refractivity contribution in [1.82, 2.24) is 0 Å². The number of rotatable bonds is 3. The topological polar surface area (TPSA) is 26.3 Å². The van der Waals surface area contributed by atoms with Crippen molar-refractivity contribution in [2.75, 3.05) is 12.9 Å². The molecule has 0 radical (unpaired) electrons. The highest BCUT2D eigenvalue weighted by Gasteiger charge is 2.11. The van der Waals surface area contributed by atoms with Gasteiger partial charge < -0.3 is 4.74 Å². The van der Waals surface area contributed by atoms with Crippen molar-refractivity contribution in [3.8, 4) is 0 Å². The fourth-order valence-corrected chi connectivity index (χ4v) is 1.85. The van der Waals surface area contributed by atoms with Gasteiger partial charge in [0.1, 0.15) is 0 Å². The van der Waals surface area contributed by atoms with Crippen LogP contribution in [0.4, 0.5) is 0 Å². The Balaban J connectivity index is 3.01. The summed E-state index contributed by atoms with van der Waals surface area (Å²) in [4.78, 5) is 12.5. The van der Waals surface area contributed by atoms with Crippen molar-refractivity contribution >= 4 is 17.7 Å². The van der Waals surface area contributed by atoms with Gasteiger partial charge in [-0.3, -0.25) is 0 Å². The lowest BCUT2D eigenvalue weighted by Gasteiger charge is -2.07. The number of hydrogen-bond donors (Lipinski definition) is 0. The standard InChI is InChI=1S/C11H14O2S/c1-4-13-11(12)9-6-5-8(2)7-10(9)14-3/h5-7H,4H2,1-3H3. The number of aryl methyl sites for hydroxylation is 1. The number of carbonyl (C=O) groups is 1. The molecule has 1 aromatic rings. The van der Waals surface area contributed by atoms with E-state index >= 15 is 0 Å². The van der Waals surface area contributed by atoms with E-state index in [9.17, 15) is 4.79 Å². The monoisotopic (exact) mass is 210 g/mol. The van der Waals surface area contributed by atoms with Gasteiger partial charge in [-0.2, -0.15) is 0 Å². The van der Waals surface area contributed by atoms with Gasteiger partial charge in [0, 0.05) is 4.90 Å². The van der Waals surface area contributed by atoms with E-state index in [2.05, 4.69) is 0 Å². The highest BCUT2D eigenvalue weighted by Crippen LogP contribution is 2.22. The van der Waals surface area contributed by atoms with E-state index in [0.717, 1.165) is 10.5 Å². The van der Waals surface area contributed by atoms with Crippen LogP contribution in [0.25, 0.3) is 0 Å². The molecule has 2 nitrogen and oxygen atoms in total. The molecule has 0 aromatic heterocycles. The highest BCUT2D eigenvalue weighted by molar-refractivity contribution is 7.98. The Morgan fingerprint density at radius 3 is 2.79 bits per heavy atom. The summed E-state index contributed by atoms with van der Waals surface area (Å²) >= 11 is 1.56. The highest BCUT2D eigenvalue weighted by atomic mass is 32.2. The van der Waals surface area contributed by atoms with Crippen molar-refractivity contribution in [3.63, 3.8) is 0 Å². The van der Waals surface area contributed by atoms with Crippen LogP contribution in [-0.4, -0.2) is 18.8 Å². The number of thioether (sulfide) groups is 1. The molecule has 0 heterocycles. The Hall–Kier alpha value is -0.960. The average Bonchev–Trinajstić information content (AvgIpc) is 2.17. The summed E-state index contributed by atoms with van der Waals surface area (Å²) in [6, 6.07) is 5.74. The SMILES string of the molecule is CCOC(=O)c1ccc(C)cc1SC. The number of hydrogen-bond acceptors (Lipinski definition) is 3. The van der Waals surface area contributed by atoms with Crippen molar-refractivity contribution < 1.29 is 9.53 Å². The number of esters is 1. The van der Waals surface area contributed by atoms with Crippen LogP contribution in [0.3, 0.4) is 0 Å². The lowest BCUT2D eigenvalue weighted by molar-refractivity contribution is 0.0522. The number of carbonyl (C=O) groups excluding carboxylic acids is 1. The molecule has 0 saturated carbocycles. The molecule has 0 fully saturated rings. The summed E-state index contributed by atoms with van der Waals surface area (Å²) in [6.45, 7) is 4.24. The first kappa shape index (κ1) is 11.1. The van der Waals surface area contributed by atoms with Gasteiger partial charge in [-0.15, -0.1) is 11.8 Å². The Morgan fingerprint density at radius 2 is 2.21 bits per heavy atom. The van der Waals surface area contributed by atoms with E-state index in [0.29, 0.717) is 12.2 Å². The van der Waals surface area contributed by atoms with Gasteiger partial charge in [-0.05, 0) is 37.8 Å². The quantitative estimate of drug-likeness (QED) is 0.567. The average molecular weight is 210 g/mol. The Morgan fingerprint density at radius 1 is 1.50 bits per heavy atom. The first-order valence-electron chi connectivity index (χ1n) is 4.50. The maximum absolute atomic E-state index is 11.5. The zero-order chi connectivity index (χ0) is 10.6. The van der Waals surface area contributed by atoms with Crippen LogP contribution >= 0.6 is 11.8 Å². The fraction of sp³-hybridized carbons (Fsp3) is 0.364. The second kappa shape index (κ2) is 5.05. The Labute approximate surface area is 88.7 Å². The molecule has 0 saturated heterocycles. The molecule has 14 heavy (non-hydrogen) atoms. The van der Waals surface area contributed by atoms with Crippen LogP contribution in [0.5, 0.6) is 0 Å². The predicted molar refractivity (Wildman–Crippen MR) is 58.9 cm³/mol. The number of benzene rings is 1. The third kappa shape index (κ3) is 2.51. The molecule has 0 aliphatic heterocycles. The largest absolute Gasteiger partial charge is 0.462 e. The lowest BCUT2D eigenvalue weighted by Crippen LogP contribution is -2.06. The van der Waals surface area contributed by atoms with E-state index in [1.54, 1.807) is 11.8 Å². The minimum absolute atomic E-state index is 0.239. The van der Waals surface area contributed by atoms with Crippen molar-refractivity contribution in [2.24, 2.45) is 0 Å². The molecule has 3 heteroatoms. The zero-order valence-corrected chi connectivity index (χ0v) is 9.48. The third-order valence-electron chi connectivity index (χ3n) is 1.85. The van der Waals surface area contributed by atoms with Gasteiger partial charge in [-0.1, -0.05) is 6.07 Å². The summed E-state index contributed by atoms with van der Waals surface area (Å²) in [5.41, 5.74) is 1.81. The summed E-state index contributed by atoms with van der Waals surface area (Å²) in [5, 5.41) is 0. The van der Waals surface area contributed by atoms with E-state index < -0.39 is 0 Å². The molecular weight excluding hydrogens is 196 g/mol. The van der Waals surface area contributed by atoms with E-state index in [1.807, 2.05) is 38.3 Å². The minimum Gasteiger partial charge on any atom is -0.462 e. The predicted octanol–water partition coefficient (Wildman–Crippen LogP) is 2.89. The first-order chi connectivity index (χ1) is 6.69.